The number of imide groups is 1. The number of alkyl carbamates (subject to hydrolysis) is 1. The molecule has 6 rings (SSSR count). The van der Waals surface area contributed by atoms with Crippen molar-refractivity contribution in [2.24, 2.45) is 23.2 Å². The topological polar surface area (TPSA) is 84.9 Å². The minimum atomic E-state index is -0.808. The Morgan fingerprint density at radius 1 is 1.06 bits per heavy atom. The zero-order valence-corrected chi connectivity index (χ0v) is 19.7. The molecule has 7 nitrogen and oxygen atoms in total. The maximum Gasteiger partial charge on any atom is 0.417 e. The largest absolute Gasteiger partial charge is 0.446 e. The van der Waals surface area contributed by atoms with Crippen LogP contribution in [0.5, 0.6) is 0 Å². The van der Waals surface area contributed by atoms with Crippen LogP contribution in [0.15, 0.2) is 30.3 Å². The Labute approximate surface area is 195 Å². The average molecular weight is 455 g/mol. The predicted octanol–water partition coefficient (Wildman–Crippen LogP) is 4.82. The summed E-state index contributed by atoms with van der Waals surface area (Å²) in [7, 11) is 0. The monoisotopic (exact) mass is 454 g/mol. The predicted molar refractivity (Wildman–Crippen MR) is 121 cm³/mol. The van der Waals surface area contributed by atoms with Crippen molar-refractivity contribution in [2.75, 3.05) is 6.61 Å². The average Bonchev–Trinajstić information content (AvgIpc) is 3.11. The Morgan fingerprint density at radius 2 is 1.64 bits per heavy atom. The Morgan fingerprint density at radius 3 is 2.18 bits per heavy atom. The number of nitrogens with zero attached hydrogens (tertiary/aromatic N) is 1. The zero-order valence-electron chi connectivity index (χ0n) is 19.7. The van der Waals surface area contributed by atoms with Gasteiger partial charge in [-0.1, -0.05) is 30.3 Å². The first-order valence-corrected chi connectivity index (χ1v) is 12.2. The summed E-state index contributed by atoms with van der Waals surface area (Å²) < 4.78 is 10.9. The summed E-state index contributed by atoms with van der Waals surface area (Å²) in [6.45, 7) is 5.53. The molecule has 1 heterocycles. The van der Waals surface area contributed by atoms with E-state index in [9.17, 15) is 14.4 Å². The molecule has 7 heteroatoms. The molecule has 1 N–H and O–H groups in total. The van der Waals surface area contributed by atoms with Gasteiger partial charge in [-0.15, -0.1) is 0 Å². The summed E-state index contributed by atoms with van der Waals surface area (Å²) >= 11 is 0. The third kappa shape index (κ3) is 4.22. The second kappa shape index (κ2) is 8.03. The molecule has 178 valence electrons. The summed E-state index contributed by atoms with van der Waals surface area (Å²) in [5.41, 5.74) is -0.177. The molecule has 0 unspecified atom stereocenters. The summed E-state index contributed by atoms with van der Waals surface area (Å²) in [5, 5.41) is 2.94. The van der Waals surface area contributed by atoms with E-state index in [1.807, 2.05) is 30.3 Å². The van der Waals surface area contributed by atoms with Crippen molar-refractivity contribution in [3.05, 3.63) is 35.9 Å². The number of carbonyl (C=O) groups excluding carboxylic acids is 3. The molecule has 1 aromatic rings. The molecule has 5 aliphatic rings. The van der Waals surface area contributed by atoms with Crippen molar-refractivity contribution >= 4 is 18.1 Å². The smallest absolute Gasteiger partial charge is 0.417 e. The first-order chi connectivity index (χ1) is 15.6. The van der Waals surface area contributed by atoms with Crippen LogP contribution in [0.1, 0.15) is 70.9 Å². The van der Waals surface area contributed by atoms with Crippen LogP contribution in [0.25, 0.3) is 0 Å². The van der Waals surface area contributed by atoms with Crippen LogP contribution < -0.4 is 5.32 Å². The second-order valence-electron chi connectivity index (χ2n) is 11.6. The van der Waals surface area contributed by atoms with Crippen molar-refractivity contribution in [1.29, 1.82) is 0 Å². The number of hydrogen-bond acceptors (Lipinski definition) is 5. The van der Waals surface area contributed by atoms with Gasteiger partial charge >= 0.3 is 12.2 Å². The van der Waals surface area contributed by atoms with Gasteiger partial charge in [-0.3, -0.25) is 4.79 Å². The number of nitrogens with one attached hydrogen (secondary N) is 1. The van der Waals surface area contributed by atoms with E-state index in [0.29, 0.717) is 17.8 Å². The van der Waals surface area contributed by atoms with E-state index in [1.165, 1.54) is 24.2 Å². The third-order valence-electron chi connectivity index (χ3n) is 7.90. The van der Waals surface area contributed by atoms with Crippen LogP contribution in [0, 0.1) is 23.2 Å². The lowest BCUT2D eigenvalue weighted by atomic mass is 9.47. The summed E-state index contributed by atoms with van der Waals surface area (Å²) in [4.78, 5) is 41.0. The fraction of sp³-hybridized carbons (Fsp3) is 0.654. The molecule has 0 aromatic heterocycles. The van der Waals surface area contributed by atoms with Gasteiger partial charge in [0.2, 0.25) is 0 Å². The Bertz CT molecular complexity index is 902. The lowest BCUT2D eigenvalue weighted by Crippen LogP contribution is -2.63. The fourth-order valence-electron chi connectivity index (χ4n) is 7.16. The molecular formula is C26H34N2O5. The normalized spacial score (nSPS) is 33.5. The van der Waals surface area contributed by atoms with Gasteiger partial charge in [0.05, 0.1) is 0 Å². The Kier molecular flexibility index (Phi) is 5.41. The van der Waals surface area contributed by atoms with Crippen LogP contribution in [0.3, 0.4) is 0 Å². The highest BCUT2D eigenvalue weighted by Crippen LogP contribution is 2.61. The molecule has 4 aliphatic carbocycles. The Balaban J connectivity index is 1.48. The quantitative estimate of drug-likeness (QED) is 0.705. The molecule has 1 aromatic carbocycles. The van der Waals surface area contributed by atoms with Crippen molar-refractivity contribution in [3.8, 4) is 0 Å². The van der Waals surface area contributed by atoms with Gasteiger partial charge in [-0.25, -0.2) is 14.5 Å². The summed E-state index contributed by atoms with van der Waals surface area (Å²) in [5.74, 6) is 1.38. The van der Waals surface area contributed by atoms with Crippen molar-refractivity contribution in [1.82, 2.24) is 10.2 Å². The van der Waals surface area contributed by atoms with E-state index in [2.05, 4.69) is 5.32 Å². The second-order valence-corrected chi connectivity index (χ2v) is 11.6. The number of cyclic esters (lactones) is 1. The van der Waals surface area contributed by atoms with E-state index >= 15 is 0 Å². The van der Waals surface area contributed by atoms with Crippen molar-refractivity contribution in [2.45, 2.75) is 77.0 Å². The number of amides is 3. The third-order valence-corrected chi connectivity index (χ3v) is 7.90. The lowest BCUT2D eigenvalue weighted by Gasteiger charge is -2.59. The zero-order chi connectivity index (χ0) is 23.4. The van der Waals surface area contributed by atoms with Crippen molar-refractivity contribution < 1.29 is 23.9 Å². The molecule has 5 fully saturated rings. The van der Waals surface area contributed by atoms with Crippen LogP contribution in [-0.2, 0) is 14.3 Å². The highest BCUT2D eigenvalue weighted by Gasteiger charge is 2.58. The lowest BCUT2D eigenvalue weighted by molar-refractivity contribution is -0.143. The summed E-state index contributed by atoms with van der Waals surface area (Å²) in [6, 6.07) is 8.16. The minimum absolute atomic E-state index is 0.120. The molecule has 1 aliphatic heterocycles. The van der Waals surface area contributed by atoms with Gasteiger partial charge in [0, 0.05) is 5.41 Å². The standard InChI is InChI=1S/C26H34N2O5/c1-25(2,3)33-23(30)27-21(26-12-16-9-17(13-26)11-18(10-16)14-26)22(29)28-20(15-32-24(28)31)19-7-5-4-6-8-19/h4-8,16-18,20-21H,9-15H2,1-3H3,(H,27,30)/t16?,17?,18?,20-,21-,26?/m1/s1. The van der Waals surface area contributed by atoms with Crippen LogP contribution in [0.2, 0.25) is 0 Å². The van der Waals surface area contributed by atoms with Gasteiger partial charge in [0.25, 0.3) is 5.91 Å². The molecule has 33 heavy (non-hydrogen) atoms. The molecule has 3 amide bonds. The van der Waals surface area contributed by atoms with Gasteiger partial charge < -0.3 is 14.8 Å². The van der Waals surface area contributed by atoms with Gasteiger partial charge in [-0.2, -0.15) is 0 Å². The Hall–Kier alpha value is -2.57. The van der Waals surface area contributed by atoms with E-state index < -0.39 is 29.9 Å². The fourth-order valence-corrected chi connectivity index (χ4v) is 7.16. The van der Waals surface area contributed by atoms with E-state index in [0.717, 1.165) is 24.8 Å². The van der Waals surface area contributed by atoms with Crippen molar-refractivity contribution in [3.63, 3.8) is 0 Å². The first kappa shape index (κ1) is 22.2. The number of rotatable bonds is 4. The van der Waals surface area contributed by atoms with Crippen LogP contribution in [-0.4, -0.2) is 41.2 Å². The number of benzene rings is 1. The summed E-state index contributed by atoms with van der Waals surface area (Å²) in [6.07, 6.45) is 5.11. The SMILES string of the molecule is CC(C)(C)OC(=O)N[C@H](C(=O)N1C(=O)OC[C@@H]1c1ccccc1)C12CC3CC(CC(C3)C1)C2. The van der Waals surface area contributed by atoms with Crippen LogP contribution in [0.4, 0.5) is 9.59 Å². The molecule has 2 atom stereocenters. The molecule has 4 bridgehead atoms. The minimum Gasteiger partial charge on any atom is -0.446 e. The molecule has 1 saturated heterocycles. The van der Waals surface area contributed by atoms with E-state index in [1.54, 1.807) is 20.8 Å². The molecule has 4 saturated carbocycles. The molecular weight excluding hydrogens is 420 g/mol. The maximum atomic E-state index is 14.1. The number of ether oxygens (including phenoxy) is 2. The molecule has 0 radical (unpaired) electrons. The van der Waals surface area contributed by atoms with E-state index in [-0.39, 0.29) is 17.9 Å². The molecule has 0 spiro atoms. The highest BCUT2D eigenvalue weighted by atomic mass is 16.6. The van der Waals surface area contributed by atoms with E-state index in [4.69, 9.17) is 9.47 Å². The first-order valence-electron chi connectivity index (χ1n) is 12.2. The van der Waals surface area contributed by atoms with Gasteiger partial charge in [-0.05, 0) is 82.6 Å². The highest BCUT2D eigenvalue weighted by molar-refractivity contribution is 5.98. The maximum absolute atomic E-state index is 14.1. The van der Waals surface area contributed by atoms with Gasteiger partial charge in [0.15, 0.2) is 0 Å². The van der Waals surface area contributed by atoms with Gasteiger partial charge in [0.1, 0.15) is 24.3 Å². The number of carbonyl (C=O) groups is 3. The number of hydrogen-bond donors (Lipinski definition) is 1. The van der Waals surface area contributed by atoms with Crippen LogP contribution >= 0.6 is 0 Å².